The van der Waals surface area contributed by atoms with E-state index in [-0.39, 0.29) is 29.8 Å². The highest BCUT2D eigenvalue weighted by atomic mass is 35.5. The molecule has 146 valence electrons. The van der Waals surface area contributed by atoms with Gasteiger partial charge in [0.2, 0.25) is 5.91 Å². The monoisotopic (exact) mass is 400 g/mol. The van der Waals surface area contributed by atoms with Crippen molar-refractivity contribution in [3.8, 4) is 5.75 Å². The van der Waals surface area contributed by atoms with Crippen LogP contribution in [0.15, 0.2) is 42.5 Å². The summed E-state index contributed by atoms with van der Waals surface area (Å²) in [5, 5.41) is 6.08. The minimum Gasteiger partial charge on any atom is -0.435 e. The molecule has 1 amide bonds. The van der Waals surface area contributed by atoms with Gasteiger partial charge in [0, 0.05) is 17.1 Å². The van der Waals surface area contributed by atoms with Crippen LogP contribution in [0.5, 0.6) is 5.75 Å². The SMILES string of the molecule is CC(C)(NCC(=O)NCc1ccc(OC(F)F)cc1)c1ccc(F)cc1Cl. The summed E-state index contributed by atoms with van der Waals surface area (Å²) < 4.78 is 41.7. The van der Waals surface area contributed by atoms with E-state index < -0.39 is 18.0 Å². The van der Waals surface area contributed by atoms with Crippen LogP contribution in [0.25, 0.3) is 0 Å². The van der Waals surface area contributed by atoms with Gasteiger partial charge in [-0.3, -0.25) is 10.1 Å². The van der Waals surface area contributed by atoms with Gasteiger partial charge in [0.25, 0.3) is 0 Å². The predicted octanol–water partition coefficient (Wildman–Crippen LogP) is 4.22. The normalized spacial score (nSPS) is 11.5. The third kappa shape index (κ3) is 6.45. The Hall–Kier alpha value is -2.25. The van der Waals surface area contributed by atoms with E-state index in [9.17, 15) is 18.0 Å². The second-order valence-electron chi connectivity index (χ2n) is 6.40. The lowest BCUT2D eigenvalue weighted by Gasteiger charge is -2.27. The molecule has 0 unspecified atom stereocenters. The second kappa shape index (κ2) is 9.10. The van der Waals surface area contributed by atoms with Gasteiger partial charge in [-0.2, -0.15) is 8.78 Å². The standard InChI is InChI=1S/C19H20ClF3N2O2/c1-19(2,15-8-5-13(21)9-16(15)20)25-11-17(26)24-10-12-3-6-14(7-4-12)27-18(22)23/h3-9,18,25H,10-11H2,1-2H3,(H,24,26). The highest BCUT2D eigenvalue weighted by Gasteiger charge is 2.23. The molecule has 2 aromatic carbocycles. The highest BCUT2D eigenvalue weighted by Crippen LogP contribution is 2.28. The number of carbonyl (C=O) groups is 1. The van der Waals surface area contributed by atoms with Crippen LogP contribution in [0.3, 0.4) is 0 Å². The van der Waals surface area contributed by atoms with Crippen LogP contribution in [0.1, 0.15) is 25.0 Å². The molecule has 8 heteroatoms. The van der Waals surface area contributed by atoms with Gasteiger partial charge >= 0.3 is 6.61 Å². The first-order valence-electron chi connectivity index (χ1n) is 8.18. The Bertz CT molecular complexity index is 783. The van der Waals surface area contributed by atoms with E-state index in [1.807, 2.05) is 13.8 Å². The first-order chi connectivity index (χ1) is 12.7. The van der Waals surface area contributed by atoms with Crippen LogP contribution in [0.2, 0.25) is 5.02 Å². The Kier molecular flexibility index (Phi) is 7.10. The molecule has 27 heavy (non-hydrogen) atoms. The van der Waals surface area contributed by atoms with Crippen molar-refractivity contribution in [2.24, 2.45) is 0 Å². The summed E-state index contributed by atoms with van der Waals surface area (Å²) in [4.78, 5) is 12.1. The maximum atomic E-state index is 13.2. The number of amides is 1. The van der Waals surface area contributed by atoms with E-state index >= 15 is 0 Å². The molecule has 0 spiro atoms. The third-order valence-corrected chi connectivity index (χ3v) is 4.25. The minimum absolute atomic E-state index is 0.0211. The van der Waals surface area contributed by atoms with Crippen molar-refractivity contribution in [1.82, 2.24) is 10.6 Å². The van der Waals surface area contributed by atoms with Gasteiger partial charge in [0.15, 0.2) is 0 Å². The molecule has 0 aliphatic rings. The quantitative estimate of drug-likeness (QED) is 0.697. The number of alkyl halides is 2. The maximum Gasteiger partial charge on any atom is 0.387 e. The van der Waals surface area contributed by atoms with Gasteiger partial charge in [0.05, 0.1) is 6.54 Å². The van der Waals surface area contributed by atoms with Crippen molar-refractivity contribution in [3.63, 3.8) is 0 Å². The number of rotatable bonds is 8. The van der Waals surface area contributed by atoms with E-state index in [1.54, 1.807) is 18.2 Å². The molecule has 0 saturated heterocycles. The number of hydrogen-bond donors (Lipinski definition) is 2. The number of ether oxygens (including phenoxy) is 1. The average molecular weight is 401 g/mol. The molecule has 0 aliphatic carbocycles. The zero-order valence-corrected chi connectivity index (χ0v) is 15.6. The van der Waals surface area contributed by atoms with Crippen molar-refractivity contribution in [2.75, 3.05) is 6.54 Å². The summed E-state index contributed by atoms with van der Waals surface area (Å²) in [5.74, 6) is -0.629. The number of carbonyl (C=O) groups excluding carboxylic acids is 1. The molecule has 0 bridgehead atoms. The molecular formula is C19H20ClF3N2O2. The lowest BCUT2D eigenvalue weighted by molar-refractivity contribution is -0.120. The Labute approximate surface area is 160 Å². The largest absolute Gasteiger partial charge is 0.435 e. The summed E-state index contributed by atoms with van der Waals surface area (Å²) >= 11 is 6.08. The van der Waals surface area contributed by atoms with E-state index in [0.29, 0.717) is 5.56 Å². The lowest BCUT2D eigenvalue weighted by atomic mass is 9.94. The lowest BCUT2D eigenvalue weighted by Crippen LogP contribution is -2.43. The zero-order chi connectivity index (χ0) is 20.0. The number of halogens is 4. The van der Waals surface area contributed by atoms with Gasteiger partial charge in [-0.25, -0.2) is 4.39 Å². The molecular weight excluding hydrogens is 381 g/mol. The van der Waals surface area contributed by atoms with Crippen LogP contribution in [-0.4, -0.2) is 19.1 Å². The molecule has 4 nitrogen and oxygen atoms in total. The topological polar surface area (TPSA) is 50.4 Å². The minimum atomic E-state index is -2.88. The average Bonchev–Trinajstić information content (AvgIpc) is 2.58. The van der Waals surface area contributed by atoms with Gasteiger partial charge in [-0.15, -0.1) is 0 Å². The van der Waals surface area contributed by atoms with Crippen LogP contribution >= 0.6 is 11.6 Å². The summed E-state index contributed by atoms with van der Waals surface area (Å²) in [7, 11) is 0. The summed E-state index contributed by atoms with van der Waals surface area (Å²) in [5.41, 5.74) is 0.773. The Morgan fingerprint density at radius 3 is 2.44 bits per heavy atom. The highest BCUT2D eigenvalue weighted by molar-refractivity contribution is 6.31. The number of hydrogen-bond acceptors (Lipinski definition) is 3. The van der Waals surface area contributed by atoms with E-state index in [4.69, 9.17) is 11.6 Å². The smallest absolute Gasteiger partial charge is 0.387 e. The van der Waals surface area contributed by atoms with Crippen molar-refractivity contribution < 1.29 is 22.7 Å². The molecule has 0 aromatic heterocycles. The molecule has 2 aromatic rings. The molecule has 0 fully saturated rings. The van der Waals surface area contributed by atoms with Crippen LogP contribution in [0.4, 0.5) is 13.2 Å². The molecule has 2 rings (SSSR count). The van der Waals surface area contributed by atoms with Crippen molar-refractivity contribution >= 4 is 17.5 Å². The van der Waals surface area contributed by atoms with Gasteiger partial charge in [-0.1, -0.05) is 29.8 Å². The molecule has 2 N–H and O–H groups in total. The molecule has 0 atom stereocenters. The van der Waals surface area contributed by atoms with Crippen LogP contribution in [-0.2, 0) is 16.9 Å². The fourth-order valence-corrected chi connectivity index (χ4v) is 2.85. The van der Waals surface area contributed by atoms with E-state index in [2.05, 4.69) is 15.4 Å². The molecule has 0 aliphatic heterocycles. The Morgan fingerprint density at radius 2 is 1.85 bits per heavy atom. The third-order valence-electron chi connectivity index (χ3n) is 3.93. The fourth-order valence-electron chi connectivity index (χ4n) is 2.44. The number of benzene rings is 2. The molecule has 0 saturated carbocycles. The predicted molar refractivity (Wildman–Crippen MR) is 97.4 cm³/mol. The van der Waals surface area contributed by atoms with Gasteiger partial charge in [-0.05, 0) is 49.2 Å². The van der Waals surface area contributed by atoms with E-state index in [1.165, 1.54) is 24.3 Å². The van der Waals surface area contributed by atoms with Crippen molar-refractivity contribution in [1.29, 1.82) is 0 Å². The van der Waals surface area contributed by atoms with Gasteiger partial charge < -0.3 is 10.1 Å². The van der Waals surface area contributed by atoms with Crippen molar-refractivity contribution in [3.05, 3.63) is 64.4 Å². The van der Waals surface area contributed by atoms with Gasteiger partial charge in [0.1, 0.15) is 11.6 Å². The summed E-state index contributed by atoms with van der Waals surface area (Å²) in [6, 6.07) is 10.1. The first-order valence-corrected chi connectivity index (χ1v) is 8.56. The Balaban J connectivity index is 1.85. The van der Waals surface area contributed by atoms with Crippen LogP contribution < -0.4 is 15.4 Å². The summed E-state index contributed by atoms with van der Waals surface area (Å²) in [6.45, 7) is 1.06. The number of nitrogens with one attached hydrogen (secondary N) is 2. The molecule has 0 heterocycles. The zero-order valence-electron chi connectivity index (χ0n) is 14.9. The van der Waals surface area contributed by atoms with E-state index in [0.717, 1.165) is 5.56 Å². The van der Waals surface area contributed by atoms with Crippen LogP contribution in [0, 0.1) is 5.82 Å². The second-order valence-corrected chi connectivity index (χ2v) is 6.81. The Morgan fingerprint density at radius 1 is 1.19 bits per heavy atom. The maximum absolute atomic E-state index is 13.2. The fraction of sp³-hybridized carbons (Fsp3) is 0.316. The van der Waals surface area contributed by atoms with Crippen molar-refractivity contribution in [2.45, 2.75) is 32.5 Å². The summed E-state index contributed by atoms with van der Waals surface area (Å²) in [6.07, 6.45) is 0. The first kappa shape index (κ1) is 21.1. The molecule has 0 radical (unpaired) electrons.